The van der Waals surface area contributed by atoms with Crippen LogP contribution in [0.1, 0.15) is 6.92 Å². The van der Waals surface area contributed by atoms with Crippen LogP contribution in [0.4, 0.5) is 5.69 Å². The SMILES string of the molecule is CCN(c1ccc(OC)c(OC)c1)S(=O)(=O)c1ccc2c(c1)OCCO2. The van der Waals surface area contributed by atoms with Crippen molar-refractivity contribution < 1.29 is 27.4 Å². The number of ether oxygens (including phenoxy) is 4. The average molecular weight is 379 g/mol. The lowest BCUT2D eigenvalue weighted by Crippen LogP contribution is -2.31. The second-order valence-corrected chi connectivity index (χ2v) is 7.38. The lowest BCUT2D eigenvalue weighted by molar-refractivity contribution is 0.171. The van der Waals surface area contributed by atoms with Crippen molar-refractivity contribution in [3.8, 4) is 23.0 Å². The Labute approximate surface area is 153 Å². The van der Waals surface area contributed by atoms with Crippen molar-refractivity contribution in [3.63, 3.8) is 0 Å². The molecule has 0 spiro atoms. The number of hydrogen-bond acceptors (Lipinski definition) is 6. The number of benzene rings is 2. The molecule has 3 rings (SSSR count). The van der Waals surface area contributed by atoms with Gasteiger partial charge in [-0.15, -0.1) is 0 Å². The highest BCUT2D eigenvalue weighted by molar-refractivity contribution is 7.92. The van der Waals surface area contributed by atoms with E-state index in [0.29, 0.717) is 41.9 Å². The van der Waals surface area contributed by atoms with Crippen LogP contribution in [-0.4, -0.2) is 42.4 Å². The summed E-state index contributed by atoms with van der Waals surface area (Å²) in [5.74, 6) is 1.97. The molecule has 0 bridgehead atoms. The lowest BCUT2D eigenvalue weighted by atomic mass is 10.2. The van der Waals surface area contributed by atoms with Crippen LogP contribution in [0.3, 0.4) is 0 Å². The maximum Gasteiger partial charge on any atom is 0.264 e. The highest BCUT2D eigenvalue weighted by Crippen LogP contribution is 2.36. The molecule has 2 aromatic rings. The fraction of sp³-hybridized carbons (Fsp3) is 0.333. The van der Waals surface area contributed by atoms with Crippen LogP contribution in [0.15, 0.2) is 41.3 Å². The van der Waals surface area contributed by atoms with E-state index < -0.39 is 10.0 Å². The summed E-state index contributed by atoms with van der Waals surface area (Å²) in [6.45, 7) is 2.87. The second kappa shape index (κ2) is 7.33. The third-order valence-electron chi connectivity index (χ3n) is 4.04. The van der Waals surface area contributed by atoms with Crippen molar-refractivity contribution in [1.29, 1.82) is 0 Å². The molecule has 1 aliphatic rings. The molecule has 0 unspecified atom stereocenters. The predicted octanol–water partition coefficient (Wildman–Crippen LogP) is 2.69. The summed E-state index contributed by atoms with van der Waals surface area (Å²) >= 11 is 0. The number of methoxy groups -OCH3 is 2. The Balaban J connectivity index is 2.01. The first-order valence-electron chi connectivity index (χ1n) is 8.15. The molecule has 0 fully saturated rings. The van der Waals surface area contributed by atoms with Gasteiger partial charge in [0.15, 0.2) is 23.0 Å². The molecule has 7 nitrogen and oxygen atoms in total. The molecular weight excluding hydrogens is 358 g/mol. The van der Waals surface area contributed by atoms with Gasteiger partial charge >= 0.3 is 0 Å². The van der Waals surface area contributed by atoms with Crippen LogP contribution in [0.5, 0.6) is 23.0 Å². The van der Waals surface area contributed by atoms with Crippen molar-refractivity contribution in [2.75, 3.05) is 38.3 Å². The highest BCUT2D eigenvalue weighted by Gasteiger charge is 2.26. The maximum atomic E-state index is 13.2. The van der Waals surface area contributed by atoms with E-state index in [1.807, 2.05) is 0 Å². The Kier molecular flexibility index (Phi) is 5.13. The van der Waals surface area contributed by atoms with E-state index in [-0.39, 0.29) is 11.4 Å². The summed E-state index contributed by atoms with van der Waals surface area (Å²) in [6.07, 6.45) is 0. The Hall–Kier alpha value is -2.61. The predicted molar refractivity (Wildman–Crippen MR) is 97.2 cm³/mol. The van der Waals surface area contributed by atoms with Crippen molar-refractivity contribution >= 4 is 15.7 Å². The molecule has 26 heavy (non-hydrogen) atoms. The molecule has 0 saturated carbocycles. The van der Waals surface area contributed by atoms with E-state index in [9.17, 15) is 8.42 Å². The largest absolute Gasteiger partial charge is 0.493 e. The van der Waals surface area contributed by atoms with Crippen LogP contribution in [0.2, 0.25) is 0 Å². The molecule has 0 atom stereocenters. The van der Waals surface area contributed by atoms with Crippen LogP contribution in [-0.2, 0) is 10.0 Å². The van der Waals surface area contributed by atoms with Crippen LogP contribution < -0.4 is 23.3 Å². The van der Waals surface area contributed by atoms with Gasteiger partial charge in [0.2, 0.25) is 0 Å². The number of fused-ring (bicyclic) bond motifs is 1. The summed E-state index contributed by atoms with van der Waals surface area (Å²) in [5, 5.41) is 0. The Morgan fingerprint density at radius 1 is 0.962 bits per heavy atom. The third kappa shape index (κ3) is 3.24. The summed E-state index contributed by atoms with van der Waals surface area (Å²) < 4.78 is 49.1. The fourth-order valence-corrected chi connectivity index (χ4v) is 4.26. The summed E-state index contributed by atoms with van der Waals surface area (Å²) in [4.78, 5) is 0.137. The quantitative estimate of drug-likeness (QED) is 0.768. The minimum atomic E-state index is -3.78. The average Bonchev–Trinajstić information content (AvgIpc) is 2.67. The number of hydrogen-bond donors (Lipinski definition) is 0. The van der Waals surface area contributed by atoms with Gasteiger partial charge in [-0.05, 0) is 31.2 Å². The van der Waals surface area contributed by atoms with Gasteiger partial charge in [0, 0.05) is 18.7 Å². The summed E-state index contributed by atoms with van der Waals surface area (Å²) in [7, 11) is -0.745. The molecule has 0 aliphatic carbocycles. The smallest absolute Gasteiger partial charge is 0.264 e. The molecule has 1 heterocycles. The number of rotatable bonds is 6. The monoisotopic (exact) mass is 379 g/mol. The summed E-state index contributed by atoms with van der Waals surface area (Å²) in [6, 6.07) is 9.62. The van der Waals surface area contributed by atoms with Gasteiger partial charge in [-0.25, -0.2) is 8.42 Å². The van der Waals surface area contributed by atoms with Crippen LogP contribution in [0, 0.1) is 0 Å². The molecule has 0 radical (unpaired) electrons. The maximum absolute atomic E-state index is 13.2. The number of sulfonamides is 1. The van der Waals surface area contributed by atoms with E-state index in [4.69, 9.17) is 18.9 Å². The van der Waals surface area contributed by atoms with Gasteiger partial charge in [-0.1, -0.05) is 0 Å². The first kappa shape index (κ1) is 18.2. The molecule has 2 aromatic carbocycles. The van der Waals surface area contributed by atoms with Gasteiger partial charge in [0.25, 0.3) is 10.0 Å². The molecule has 0 aromatic heterocycles. The van der Waals surface area contributed by atoms with E-state index in [1.165, 1.54) is 30.7 Å². The topological polar surface area (TPSA) is 74.3 Å². The van der Waals surface area contributed by atoms with Gasteiger partial charge in [0.1, 0.15) is 13.2 Å². The Morgan fingerprint density at radius 2 is 1.65 bits per heavy atom. The molecule has 140 valence electrons. The summed E-state index contributed by atoms with van der Waals surface area (Å²) in [5.41, 5.74) is 0.486. The Morgan fingerprint density at radius 3 is 2.31 bits per heavy atom. The number of anilines is 1. The van der Waals surface area contributed by atoms with E-state index >= 15 is 0 Å². The van der Waals surface area contributed by atoms with Crippen molar-refractivity contribution in [3.05, 3.63) is 36.4 Å². The molecule has 1 aliphatic heterocycles. The number of nitrogens with zero attached hydrogens (tertiary/aromatic N) is 1. The first-order chi connectivity index (χ1) is 12.5. The van der Waals surface area contributed by atoms with E-state index in [1.54, 1.807) is 31.2 Å². The van der Waals surface area contributed by atoms with Gasteiger partial charge in [0.05, 0.1) is 24.8 Å². The van der Waals surface area contributed by atoms with E-state index in [2.05, 4.69) is 0 Å². The zero-order valence-electron chi connectivity index (χ0n) is 14.9. The third-order valence-corrected chi connectivity index (χ3v) is 5.94. The van der Waals surface area contributed by atoms with Crippen LogP contribution in [0.25, 0.3) is 0 Å². The van der Waals surface area contributed by atoms with Crippen molar-refractivity contribution in [2.24, 2.45) is 0 Å². The lowest BCUT2D eigenvalue weighted by Gasteiger charge is -2.25. The first-order valence-corrected chi connectivity index (χ1v) is 9.59. The zero-order valence-corrected chi connectivity index (χ0v) is 15.7. The molecule has 0 saturated heterocycles. The molecule has 0 N–H and O–H groups in total. The zero-order chi connectivity index (χ0) is 18.7. The second-order valence-electron chi connectivity index (χ2n) is 5.51. The van der Waals surface area contributed by atoms with Gasteiger partial charge < -0.3 is 18.9 Å². The minimum absolute atomic E-state index is 0.137. The molecular formula is C18H21NO6S. The van der Waals surface area contributed by atoms with Crippen molar-refractivity contribution in [1.82, 2.24) is 0 Å². The van der Waals surface area contributed by atoms with Crippen LogP contribution >= 0.6 is 0 Å². The minimum Gasteiger partial charge on any atom is -0.493 e. The molecule has 0 amide bonds. The Bertz CT molecular complexity index is 897. The standard InChI is InChI=1S/C18H21NO6S/c1-4-19(13-5-7-15(22-2)17(11-13)23-3)26(20,21)14-6-8-16-18(12-14)25-10-9-24-16/h5-8,11-12H,4,9-10H2,1-3H3. The van der Waals surface area contributed by atoms with Gasteiger partial charge in [-0.2, -0.15) is 0 Å². The van der Waals surface area contributed by atoms with Gasteiger partial charge in [-0.3, -0.25) is 4.31 Å². The van der Waals surface area contributed by atoms with Crippen molar-refractivity contribution in [2.45, 2.75) is 11.8 Å². The normalized spacial score (nSPS) is 13.2. The highest BCUT2D eigenvalue weighted by atomic mass is 32.2. The fourth-order valence-electron chi connectivity index (χ4n) is 2.78. The van der Waals surface area contributed by atoms with E-state index in [0.717, 1.165) is 0 Å². The molecule has 8 heteroatoms.